The molecule has 2 N–H and O–H groups in total. The quantitative estimate of drug-likeness (QED) is 0.870. The highest BCUT2D eigenvalue weighted by atomic mass is 19.1. The van der Waals surface area contributed by atoms with Crippen LogP contribution in [0.5, 0.6) is 0 Å². The van der Waals surface area contributed by atoms with E-state index in [1.165, 1.54) is 6.07 Å². The summed E-state index contributed by atoms with van der Waals surface area (Å²) in [5, 5.41) is 0. The summed E-state index contributed by atoms with van der Waals surface area (Å²) < 4.78 is 19.6. The van der Waals surface area contributed by atoms with E-state index in [1.807, 2.05) is 33.0 Å². The Bertz CT molecular complexity index is 446. The highest BCUT2D eigenvalue weighted by Gasteiger charge is 2.48. The number of hydrogen-bond acceptors (Lipinski definition) is 3. The van der Waals surface area contributed by atoms with Crippen LogP contribution in [0, 0.1) is 5.82 Å². The van der Waals surface area contributed by atoms with Crippen LogP contribution < -0.4 is 5.73 Å². The minimum Gasteiger partial charge on any atom is -0.378 e. The van der Waals surface area contributed by atoms with Gasteiger partial charge in [-0.25, -0.2) is 4.39 Å². The van der Waals surface area contributed by atoms with Crippen molar-refractivity contribution in [2.45, 2.75) is 44.4 Å². The van der Waals surface area contributed by atoms with Crippen LogP contribution in [0.3, 0.4) is 0 Å². The highest BCUT2D eigenvalue weighted by Crippen LogP contribution is 2.42. The molecule has 3 nitrogen and oxygen atoms in total. The second kappa shape index (κ2) is 6.20. The van der Waals surface area contributed by atoms with Crippen LogP contribution in [0.2, 0.25) is 0 Å². The van der Waals surface area contributed by atoms with Gasteiger partial charge in [-0.15, -0.1) is 0 Å². The molecule has 20 heavy (non-hydrogen) atoms. The van der Waals surface area contributed by atoms with Crippen LogP contribution in [-0.2, 0) is 4.74 Å². The van der Waals surface area contributed by atoms with Crippen molar-refractivity contribution in [2.75, 3.05) is 20.2 Å². The Kier molecular flexibility index (Phi) is 4.78. The number of halogens is 1. The molecule has 0 saturated heterocycles. The fourth-order valence-corrected chi connectivity index (χ4v) is 3.17. The first kappa shape index (κ1) is 15.4. The summed E-state index contributed by atoms with van der Waals surface area (Å²) in [5.41, 5.74) is 6.65. The molecule has 0 aromatic heterocycles. The van der Waals surface area contributed by atoms with Crippen molar-refractivity contribution >= 4 is 0 Å². The summed E-state index contributed by atoms with van der Waals surface area (Å²) in [6, 6.07) is 6.96. The molecule has 1 aromatic carbocycles. The summed E-state index contributed by atoms with van der Waals surface area (Å²) in [5.74, 6) is -0.153. The van der Waals surface area contributed by atoms with Gasteiger partial charge in [0.15, 0.2) is 0 Å². The van der Waals surface area contributed by atoms with E-state index in [0.29, 0.717) is 12.6 Å². The van der Waals surface area contributed by atoms with Gasteiger partial charge in [0.2, 0.25) is 0 Å². The first-order chi connectivity index (χ1) is 9.54. The van der Waals surface area contributed by atoms with Crippen LogP contribution in [0.25, 0.3) is 0 Å². The second-order valence-electron chi connectivity index (χ2n) is 5.72. The Balaban J connectivity index is 2.10. The maximum Gasteiger partial charge on any atom is 0.127 e. The molecule has 0 amide bonds. The van der Waals surface area contributed by atoms with E-state index in [9.17, 15) is 4.39 Å². The Hall–Kier alpha value is -0.970. The van der Waals surface area contributed by atoms with Crippen molar-refractivity contribution in [2.24, 2.45) is 5.73 Å². The minimum absolute atomic E-state index is 0.00215. The molecule has 112 valence electrons. The standard InChI is InChI=1S/C16H25FN2O/c1-4-20-13-9-16(10-13,11-18)19(3)12(2)14-7-5-6-8-15(14)17/h5-8,12-13H,4,9-11,18H2,1-3H3. The molecule has 1 aromatic rings. The first-order valence-electron chi connectivity index (χ1n) is 7.33. The van der Waals surface area contributed by atoms with E-state index in [1.54, 1.807) is 6.07 Å². The highest BCUT2D eigenvalue weighted by molar-refractivity contribution is 5.22. The molecule has 0 aliphatic heterocycles. The number of benzene rings is 1. The number of ether oxygens (including phenoxy) is 1. The van der Waals surface area contributed by atoms with Gasteiger partial charge in [-0.1, -0.05) is 18.2 Å². The molecule has 1 atom stereocenters. The lowest BCUT2D eigenvalue weighted by molar-refractivity contribution is -0.103. The minimum atomic E-state index is -0.153. The van der Waals surface area contributed by atoms with Crippen molar-refractivity contribution in [3.05, 3.63) is 35.6 Å². The molecular formula is C16H25FN2O. The second-order valence-corrected chi connectivity index (χ2v) is 5.72. The molecular weight excluding hydrogens is 255 g/mol. The topological polar surface area (TPSA) is 38.5 Å². The van der Waals surface area contributed by atoms with E-state index >= 15 is 0 Å². The predicted molar refractivity (Wildman–Crippen MR) is 79.0 cm³/mol. The third kappa shape index (κ3) is 2.73. The van der Waals surface area contributed by atoms with Gasteiger partial charge in [0.25, 0.3) is 0 Å². The summed E-state index contributed by atoms with van der Waals surface area (Å²) >= 11 is 0. The zero-order valence-corrected chi connectivity index (χ0v) is 12.6. The van der Waals surface area contributed by atoms with Gasteiger partial charge in [-0.3, -0.25) is 4.90 Å². The largest absolute Gasteiger partial charge is 0.378 e. The Morgan fingerprint density at radius 3 is 2.65 bits per heavy atom. The molecule has 1 fully saturated rings. The smallest absolute Gasteiger partial charge is 0.127 e. The van der Waals surface area contributed by atoms with E-state index in [-0.39, 0.29) is 17.4 Å². The normalized spacial score (nSPS) is 27.4. The number of hydrogen-bond donors (Lipinski definition) is 1. The number of likely N-dealkylation sites (N-methyl/N-ethyl adjacent to an activating group) is 1. The van der Waals surface area contributed by atoms with Gasteiger partial charge in [0, 0.05) is 30.3 Å². The lowest BCUT2D eigenvalue weighted by Gasteiger charge is -2.54. The number of nitrogens with zero attached hydrogens (tertiary/aromatic N) is 1. The number of rotatable bonds is 6. The molecule has 0 bridgehead atoms. The van der Waals surface area contributed by atoms with Gasteiger partial charge in [-0.2, -0.15) is 0 Å². The lowest BCUT2D eigenvalue weighted by atomic mass is 9.72. The van der Waals surface area contributed by atoms with Crippen molar-refractivity contribution in [3.8, 4) is 0 Å². The average Bonchev–Trinajstić information content (AvgIpc) is 2.41. The van der Waals surface area contributed by atoms with Crippen LogP contribution in [-0.4, -0.2) is 36.7 Å². The predicted octanol–water partition coefficient (Wildman–Crippen LogP) is 2.71. The van der Waals surface area contributed by atoms with Crippen molar-refractivity contribution in [1.82, 2.24) is 4.90 Å². The Morgan fingerprint density at radius 1 is 1.45 bits per heavy atom. The van der Waals surface area contributed by atoms with E-state index in [4.69, 9.17) is 10.5 Å². The molecule has 0 spiro atoms. The van der Waals surface area contributed by atoms with Gasteiger partial charge in [0.1, 0.15) is 5.82 Å². The summed E-state index contributed by atoms with van der Waals surface area (Å²) in [6.07, 6.45) is 2.14. The molecule has 2 rings (SSSR count). The fourth-order valence-electron chi connectivity index (χ4n) is 3.17. The van der Waals surface area contributed by atoms with Gasteiger partial charge in [-0.05, 0) is 39.8 Å². The molecule has 4 heteroatoms. The van der Waals surface area contributed by atoms with Gasteiger partial charge < -0.3 is 10.5 Å². The Labute approximate surface area is 120 Å². The first-order valence-corrected chi connectivity index (χ1v) is 7.33. The van der Waals surface area contributed by atoms with Crippen molar-refractivity contribution in [1.29, 1.82) is 0 Å². The maximum absolute atomic E-state index is 13.9. The molecule has 0 heterocycles. The van der Waals surface area contributed by atoms with Crippen molar-refractivity contribution in [3.63, 3.8) is 0 Å². The van der Waals surface area contributed by atoms with Gasteiger partial charge in [0.05, 0.1) is 6.10 Å². The summed E-state index contributed by atoms with van der Waals surface area (Å²) in [6.45, 7) is 5.35. The third-order valence-corrected chi connectivity index (χ3v) is 4.68. The van der Waals surface area contributed by atoms with Crippen LogP contribution >= 0.6 is 0 Å². The lowest BCUT2D eigenvalue weighted by Crippen LogP contribution is -2.63. The molecule has 1 unspecified atom stereocenters. The summed E-state index contributed by atoms with van der Waals surface area (Å²) in [7, 11) is 2.03. The van der Waals surface area contributed by atoms with E-state index < -0.39 is 0 Å². The maximum atomic E-state index is 13.9. The van der Waals surface area contributed by atoms with Crippen molar-refractivity contribution < 1.29 is 9.13 Å². The average molecular weight is 280 g/mol. The van der Waals surface area contributed by atoms with Gasteiger partial charge >= 0.3 is 0 Å². The molecule has 0 radical (unpaired) electrons. The molecule has 1 aliphatic rings. The van der Waals surface area contributed by atoms with E-state index in [0.717, 1.165) is 25.0 Å². The monoisotopic (exact) mass is 280 g/mol. The van der Waals surface area contributed by atoms with Crippen LogP contribution in [0.15, 0.2) is 24.3 Å². The SMILES string of the molecule is CCOC1CC(CN)(N(C)C(C)c2ccccc2F)C1. The zero-order valence-electron chi connectivity index (χ0n) is 12.6. The fraction of sp³-hybridized carbons (Fsp3) is 0.625. The van der Waals surface area contributed by atoms with Crippen LogP contribution in [0.1, 0.15) is 38.3 Å². The number of nitrogens with two attached hydrogens (primary N) is 1. The zero-order chi connectivity index (χ0) is 14.8. The van der Waals surface area contributed by atoms with Crippen LogP contribution in [0.4, 0.5) is 4.39 Å². The van der Waals surface area contributed by atoms with E-state index in [2.05, 4.69) is 4.90 Å². The molecule has 1 saturated carbocycles. The third-order valence-electron chi connectivity index (χ3n) is 4.68. The Morgan fingerprint density at radius 2 is 2.10 bits per heavy atom. The molecule has 1 aliphatic carbocycles. The summed E-state index contributed by atoms with van der Waals surface area (Å²) in [4.78, 5) is 2.21.